The maximum atomic E-state index is 11.8. The molecular weight excluding hydrogens is 332 g/mol. The minimum Gasteiger partial charge on any atom is -0.450 e. The summed E-state index contributed by atoms with van der Waals surface area (Å²) in [4.78, 5) is 22.4. The molecule has 0 radical (unpaired) electrons. The lowest BCUT2D eigenvalue weighted by Gasteiger charge is -2.34. The summed E-state index contributed by atoms with van der Waals surface area (Å²) in [6.07, 6.45) is 1.41. The Bertz CT molecular complexity index is 719. The smallest absolute Gasteiger partial charge is 0.409 e. The van der Waals surface area contributed by atoms with Crippen LogP contribution in [0.2, 0.25) is 0 Å². The van der Waals surface area contributed by atoms with Crippen molar-refractivity contribution in [2.45, 2.75) is 13.8 Å². The van der Waals surface area contributed by atoms with Crippen molar-refractivity contribution in [3.8, 4) is 0 Å². The van der Waals surface area contributed by atoms with Gasteiger partial charge in [-0.25, -0.2) is 4.79 Å². The zero-order valence-corrected chi connectivity index (χ0v) is 15.2. The first kappa shape index (κ1) is 17.9. The maximum Gasteiger partial charge on any atom is 0.409 e. The zero-order chi connectivity index (χ0) is 18.4. The lowest BCUT2D eigenvalue weighted by molar-refractivity contribution is 0.105. The summed E-state index contributed by atoms with van der Waals surface area (Å²) in [6.45, 7) is 7.59. The van der Waals surface area contributed by atoms with E-state index < -0.39 is 0 Å². The third-order valence-corrected chi connectivity index (χ3v) is 4.29. The highest BCUT2D eigenvalue weighted by atomic mass is 16.6. The van der Waals surface area contributed by atoms with Crippen molar-refractivity contribution in [2.75, 3.05) is 49.1 Å². The molecule has 0 bridgehead atoms. The van der Waals surface area contributed by atoms with Gasteiger partial charge in [-0.2, -0.15) is 10.1 Å². The molecule has 8 heteroatoms. The average molecular weight is 356 g/mol. The molecule has 1 saturated heterocycles. The van der Waals surface area contributed by atoms with E-state index in [9.17, 15) is 4.79 Å². The Balaban J connectivity index is 1.71. The van der Waals surface area contributed by atoms with Crippen LogP contribution >= 0.6 is 0 Å². The minimum absolute atomic E-state index is 0.255. The van der Waals surface area contributed by atoms with E-state index in [4.69, 9.17) is 9.72 Å². The number of amides is 1. The first-order valence-electron chi connectivity index (χ1n) is 8.92. The normalized spacial score (nSPS) is 14.2. The fourth-order valence-corrected chi connectivity index (χ4v) is 2.93. The molecule has 1 amide bonds. The number of ether oxygens (including phenoxy) is 1. The topological polar surface area (TPSA) is 74.7 Å². The van der Waals surface area contributed by atoms with Gasteiger partial charge >= 0.3 is 6.09 Å². The lowest BCUT2D eigenvalue weighted by Crippen LogP contribution is -2.49. The molecular formula is C18H24N6O2. The van der Waals surface area contributed by atoms with Crippen molar-refractivity contribution in [2.24, 2.45) is 0 Å². The van der Waals surface area contributed by atoms with Gasteiger partial charge in [0.2, 0.25) is 0 Å². The van der Waals surface area contributed by atoms with E-state index in [0.717, 1.165) is 18.1 Å². The van der Waals surface area contributed by atoms with Crippen molar-refractivity contribution in [1.29, 1.82) is 0 Å². The second-order valence-electron chi connectivity index (χ2n) is 5.87. The van der Waals surface area contributed by atoms with Gasteiger partial charge in [-0.1, -0.05) is 18.2 Å². The quantitative estimate of drug-likeness (QED) is 0.814. The number of nitrogens with zero attached hydrogens (tertiary/aromatic N) is 6. The molecule has 2 heterocycles. The van der Waals surface area contributed by atoms with E-state index in [1.165, 1.54) is 0 Å². The number of aromatic nitrogens is 3. The molecule has 0 N–H and O–H groups in total. The first-order chi connectivity index (χ1) is 12.7. The van der Waals surface area contributed by atoms with Crippen LogP contribution in [0.1, 0.15) is 13.8 Å². The van der Waals surface area contributed by atoms with Gasteiger partial charge in [-0.15, -0.1) is 5.10 Å². The fraction of sp³-hybridized carbons (Fsp3) is 0.444. The summed E-state index contributed by atoms with van der Waals surface area (Å²) < 4.78 is 5.06. The van der Waals surface area contributed by atoms with Gasteiger partial charge in [-0.05, 0) is 26.0 Å². The third kappa shape index (κ3) is 4.01. The molecule has 0 saturated carbocycles. The Kier molecular flexibility index (Phi) is 5.83. The number of rotatable bonds is 5. The van der Waals surface area contributed by atoms with Crippen LogP contribution in [-0.4, -0.2) is 65.5 Å². The van der Waals surface area contributed by atoms with E-state index in [-0.39, 0.29) is 6.09 Å². The largest absolute Gasteiger partial charge is 0.450 e. The second-order valence-corrected chi connectivity index (χ2v) is 5.87. The number of benzene rings is 1. The maximum absolute atomic E-state index is 11.8. The van der Waals surface area contributed by atoms with Crippen LogP contribution in [-0.2, 0) is 4.74 Å². The number of carbonyl (C=O) groups excluding carboxylic acids is 1. The fourth-order valence-electron chi connectivity index (χ4n) is 2.93. The zero-order valence-electron chi connectivity index (χ0n) is 15.2. The predicted molar refractivity (Wildman–Crippen MR) is 99.8 cm³/mol. The first-order valence-corrected chi connectivity index (χ1v) is 8.92. The number of anilines is 3. The molecule has 0 spiro atoms. The third-order valence-electron chi connectivity index (χ3n) is 4.29. The van der Waals surface area contributed by atoms with E-state index in [1.54, 1.807) is 11.1 Å². The molecule has 138 valence electrons. The highest BCUT2D eigenvalue weighted by molar-refractivity contribution is 5.68. The van der Waals surface area contributed by atoms with Crippen molar-refractivity contribution >= 4 is 23.5 Å². The van der Waals surface area contributed by atoms with Gasteiger partial charge < -0.3 is 19.4 Å². The Morgan fingerprint density at radius 3 is 2.54 bits per heavy atom. The summed E-state index contributed by atoms with van der Waals surface area (Å²) in [5, 5.41) is 8.34. The number of carbonyl (C=O) groups is 1. The molecule has 3 rings (SSSR count). The molecule has 1 aromatic heterocycles. The Hall–Kier alpha value is -2.90. The van der Waals surface area contributed by atoms with Crippen LogP contribution < -0.4 is 9.80 Å². The van der Waals surface area contributed by atoms with Gasteiger partial charge in [0.15, 0.2) is 5.82 Å². The van der Waals surface area contributed by atoms with Crippen molar-refractivity contribution in [3.05, 3.63) is 36.5 Å². The second kappa shape index (κ2) is 8.46. The van der Waals surface area contributed by atoms with Gasteiger partial charge in [0, 0.05) is 38.4 Å². The minimum atomic E-state index is -0.255. The van der Waals surface area contributed by atoms with Gasteiger partial charge in [0.25, 0.3) is 5.95 Å². The molecule has 1 aromatic carbocycles. The molecule has 1 aliphatic rings. The molecule has 1 fully saturated rings. The predicted octanol–water partition coefficient (Wildman–Crippen LogP) is 2.31. The molecule has 1 aliphatic heterocycles. The number of piperazine rings is 1. The van der Waals surface area contributed by atoms with Crippen molar-refractivity contribution in [3.63, 3.8) is 0 Å². The average Bonchev–Trinajstić information content (AvgIpc) is 2.70. The summed E-state index contributed by atoms with van der Waals surface area (Å²) in [7, 11) is 0. The SMILES string of the molecule is CCOC(=O)N1CCN(c2cnnc(N(CC)c3ccccc3)n2)CC1. The van der Waals surface area contributed by atoms with E-state index in [1.807, 2.05) is 42.2 Å². The summed E-state index contributed by atoms with van der Waals surface area (Å²) in [5.41, 5.74) is 1.03. The monoisotopic (exact) mass is 356 g/mol. The van der Waals surface area contributed by atoms with Crippen LogP contribution in [0.4, 0.5) is 22.2 Å². The van der Waals surface area contributed by atoms with E-state index in [2.05, 4.69) is 22.0 Å². The summed E-state index contributed by atoms with van der Waals surface area (Å²) in [5.74, 6) is 1.34. The molecule has 0 atom stereocenters. The van der Waals surface area contributed by atoms with E-state index >= 15 is 0 Å². The standard InChI is InChI=1S/C18H24N6O2/c1-3-24(15-8-6-5-7-9-15)17-20-16(14-19-21-17)22-10-12-23(13-11-22)18(25)26-4-2/h5-9,14H,3-4,10-13H2,1-2H3. The highest BCUT2D eigenvalue weighted by Gasteiger charge is 2.23. The number of hydrogen-bond acceptors (Lipinski definition) is 7. The van der Waals surface area contributed by atoms with Crippen LogP contribution in [0.5, 0.6) is 0 Å². The van der Waals surface area contributed by atoms with Crippen LogP contribution in [0.25, 0.3) is 0 Å². The molecule has 26 heavy (non-hydrogen) atoms. The van der Waals surface area contributed by atoms with Crippen molar-refractivity contribution in [1.82, 2.24) is 20.1 Å². The molecule has 0 unspecified atom stereocenters. The summed E-state index contributed by atoms with van der Waals surface area (Å²) >= 11 is 0. The Morgan fingerprint density at radius 1 is 1.15 bits per heavy atom. The van der Waals surface area contributed by atoms with Gasteiger partial charge in [-0.3, -0.25) is 0 Å². The lowest BCUT2D eigenvalue weighted by atomic mass is 10.3. The molecule has 0 aliphatic carbocycles. The number of hydrogen-bond donors (Lipinski definition) is 0. The highest BCUT2D eigenvalue weighted by Crippen LogP contribution is 2.23. The van der Waals surface area contributed by atoms with Gasteiger partial charge in [0.1, 0.15) is 0 Å². The van der Waals surface area contributed by atoms with Crippen LogP contribution in [0.15, 0.2) is 36.5 Å². The summed E-state index contributed by atoms with van der Waals surface area (Å²) in [6, 6.07) is 10.0. The Morgan fingerprint density at radius 2 is 1.88 bits per heavy atom. The molecule has 8 nitrogen and oxygen atoms in total. The van der Waals surface area contributed by atoms with Gasteiger partial charge in [0.05, 0.1) is 12.8 Å². The van der Waals surface area contributed by atoms with Crippen LogP contribution in [0, 0.1) is 0 Å². The molecule has 2 aromatic rings. The Labute approximate surface area is 153 Å². The van der Waals surface area contributed by atoms with Crippen molar-refractivity contribution < 1.29 is 9.53 Å². The van der Waals surface area contributed by atoms with Crippen LogP contribution in [0.3, 0.4) is 0 Å². The van der Waals surface area contributed by atoms with E-state index in [0.29, 0.717) is 38.7 Å². The number of para-hydroxylation sites is 1.